The molecule has 5 nitrogen and oxygen atoms in total. The van der Waals surface area contributed by atoms with Gasteiger partial charge in [-0.3, -0.25) is 10.1 Å². The molecule has 1 atom stereocenters. The summed E-state index contributed by atoms with van der Waals surface area (Å²) in [5.74, 6) is -8.84. The Morgan fingerprint density at radius 1 is 1.07 bits per heavy atom. The number of ether oxygens (including phenoxy) is 1. The van der Waals surface area contributed by atoms with E-state index in [0.717, 1.165) is 0 Å². The number of rotatable bonds is 5. The SMILES string of the molecule is CCOc1c(F)c(F)c(CC2(c3ccccc3)N=C(N)NC2=O)c(F)c1F. The smallest absolute Gasteiger partial charge is 0.259 e. The number of halogens is 4. The van der Waals surface area contributed by atoms with Crippen LogP contribution in [0.1, 0.15) is 18.1 Å². The minimum Gasteiger partial charge on any atom is -0.488 e. The number of nitrogens with two attached hydrogens (primary N) is 1. The summed E-state index contributed by atoms with van der Waals surface area (Å²) in [4.78, 5) is 16.5. The first-order valence-electron chi connectivity index (χ1n) is 8.01. The van der Waals surface area contributed by atoms with Gasteiger partial charge in [-0.05, 0) is 12.5 Å². The van der Waals surface area contributed by atoms with Crippen LogP contribution in [0, 0.1) is 23.3 Å². The van der Waals surface area contributed by atoms with E-state index in [-0.39, 0.29) is 18.1 Å². The van der Waals surface area contributed by atoms with Crippen LogP contribution in [0.3, 0.4) is 0 Å². The third-order valence-corrected chi connectivity index (χ3v) is 4.22. The lowest BCUT2D eigenvalue weighted by Gasteiger charge is -2.25. The molecule has 0 saturated carbocycles. The number of carbonyl (C=O) groups excluding carboxylic acids is 1. The maximum absolute atomic E-state index is 14.5. The molecule has 0 bridgehead atoms. The normalized spacial score (nSPS) is 19.0. The maximum Gasteiger partial charge on any atom is 0.259 e. The molecular formula is C18H15F4N3O2. The van der Waals surface area contributed by atoms with E-state index < -0.39 is 52.4 Å². The van der Waals surface area contributed by atoms with Crippen molar-refractivity contribution in [1.29, 1.82) is 0 Å². The molecule has 0 spiro atoms. The van der Waals surface area contributed by atoms with Crippen molar-refractivity contribution in [3.63, 3.8) is 0 Å². The van der Waals surface area contributed by atoms with Gasteiger partial charge in [0.1, 0.15) is 0 Å². The first kappa shape index (κ1) is 18.7. The van der Waals surface area contributed by atoms with Crippen molar-refractivity contribution in [2.45, 2.75) is 18.9 Å². The van der Waals surface area contributed by atoms with Gasteiger partial charge >= 0.3 is 0 Å². The molecule has 1 amide bonds. The van der Waals surface area contributed by atoms with Crippen LogP contribution in [-0.4, -0.2) is 18.5 Å². The predicted molar refractivity (Wildman–Crippen MR) is 89.0 cm³/mol. The van der Waals surface area contributed by atoms with Gasteiger partial charge in [-0.15, -0.1) is 0 Å². The lowest BCUT2D eigenvalue weighted by atomic mass is 9.83. The summed E-state index contributed by atoms with van der Waals surface area (Å²) in [7, 11) is 0. The number of amides is 1. The van der Waals surface area contributed by atoms with Crippen LogP contribution in [0.25, 0.3) is 0 Å². The second-order valence-corrected chi connectivity index (χ2v) is 5.85. The Kier molecular flexibility index (Phi) is 4.77. The summed E-state index contributed by atoms with van der Waals surface area (Å²) < 4.78 is 62.1. The van der Waals surface area contributed by atoms with E-state index in [1.807, 2.05) is 0 Å². The van der Waals surface area contributed by atoms with E-state index in [9.17, 15) is 22.4 Å². The topological polar surface area (TPSA) is 76.7 Å². The molecule has 3 rings (SSSR count). The third-order valence-electron chi connectivity index (χ3n) is 4.22. The van der Waals surface area contributed by atoms with Gasteiger partial charge in [-0.1, -0.05) is 30.3 Å². The van der Waals surface area contributed by atoms with E-state index in [1.54, 1.807) is 18.2 Å². The first-order valence-corrected chi connectivity index (χ1v) is 8.01. The summed E-state index contributed by atoms with van der Waals surface area (Å²) in [6.07, 6.45) is -0.776. The Balaban J connectivity index is 2.18. The molecule has 9 heteroatoms. The molecule has 0 aliphatic carbocycles. The monoisotopic (exact) mass is 381 g/mol. The van der Waals surface area contributed by atoms with Crippen molar-refractivity contribution < 1.29 is 27.1 Å². The summed E-state index contributed by atoms with van der Waals surface area (Å²) in [6.45, 7) is 1.22. The Morgan fingerprint density at radius 3 is 2.15 bits per heavy atom. The summed E-state index contributed by atoms with van der Waals surface area (Å²) in [6, 6.07) is 7.83. The largest absolute Gasteiger partial charge is 0.488 e. The average molecular weight is 381 g/mol. The number of nitrogens with zero attached hydrogens (tertiary/aromatic N) is 1. The molecule has 2 aromatic carbocycles. The minimum absolute atomic E-state index is 0.191. The lowest BCUT2D eigenvalue weighted by Crippen LogP contribution is -2.40. The molecule has 1 aliphatic heterocycles. The number of guanidine groups is 1. The van der Waals surface area contributed by atoms with E-state index in [1.165, 1.54) is 19.1 Å². The van der Waals surface area contributed by atoms with Crippen molar-refractivity contribution in [3.05, 3.63) is 64.7 Å². The Hall–Kier alpha value is -3.10. The van der Waals surface area contributed by atoms with E-state index in [4.69, 9.17) is 5.73 Å². The van der Waals surface area contributed by atoms with Crippen molar-refractivity contribution in [2.24, 2.45) is 10.7 Å². The van der Waals surface area contributed by atoms with Gasteiger partial charge in [0.2, 0.25) is 11.6 Å². The second-order valence-electron chi connectivity index (χ2n) is 5.85. The van der Waals surface area contributed by atoms with Gasteiger partial charge in [0.15, 0.2) is 28.9 Å². The molecule has 1 unspecified atom stereocenters. The molecule has 0 saturated heterocycles. The molecule has 27 heavy (non-hydrogen) atoms. The number of benzene rings is 2. The fraction of sp³-hybridized carbons (Fsp3) is 0.222. The number of hydrogen-bond acceptors (Lipinski definition) is 4. The van der Waals surface area contributed by atoms with Crippen LogP contribution < -0.4 is 15.8 Å². The Morgan fingerprint density at radius 2 is 1.67 bits per heavy atom. The highest BCUT2D eigenvalue weighted by Gasteiger charge is 2.47. The van der Waals surface area contributed by atoms with Crippen molar-refractivity contribution in [2.75, 3.05) is 6.61 Å². The van der Waals surface area contributed by atoms with Crippen LogP contribution in [0.15, 0.2) is 35.3 Å². The standard InChI is InChI=1S/C18H15F4N3O2/c1-2-27-15-13(21)11(19)10(12(20)14(15)22)8-18(9-6-4-3-5-7-9)16(26)24-17(23)25-18/h3-7H,2,8H2,1H3,(H3,23,24,25,26). The molecule has 0 aromatic heterocycles. The summed E-state index contributed by atoms with van der Waals surface area (Å²) in [5, 5.41) is 2.26. The van der Waals surface area contributed by atoms with Crippen molar-refractivity contribution in [1.82, 2.24) is 5.32 Å². The summed E-state index contributed by atoms with van der Waals surface area (Å²) >= 11 is 0. The number of hydrogen-bond donors (Lipinski definition) is 2. The highest BCUT2D eigenvalue weighted by Crippen LogP contribution is 2.38. The molecule has 3 N–H and O–H groups in total. The first-order chi connectivity index (χ1) is 12.8. The van der Waals surface area contributed by atoms with Gasteiger partial charge in [0.05, 0.1) is 6.61 Å². The average Bonchev–Trinajstić information content (AvgIpc) is 2.95. The third kappa shape index (κ3) is 2.98. The van der Waals surface area contributed by atoms with Crippen LogP contribution in [0.5, 0.6) is 5.75 Å². The Bertz CT molecular complexity index is 905. The van der Waals surface area contributed by atoms with Gasteiger partial charge in [0.25, 0.3) is 5.91 Å². The Labute approximate surface area is 151 Å². The highest BCUT2D eigenvalue weighted by atomic mass is 19.2. The van der Waals surface area contributed by atoms with Gasteiger partial charge in [-0.25, -0.2) is 13.8 Å². The quantitative estimate of drug-likeness (QED) is 0.617. The molecule has 1 aliphatic rings. The zero-order valence-electron chi connectivity index (χ0n) is 14.2. The maximum atomic E-state index is 14.5. The lowest BCUT2D eigenvalue weighted by molar-refractivity contribution is -0.124. The predicted octanol–water partition coefficient (Wildman–Crippen LogP) is 2.52. The van der Waals surface area contributed by atoms with E-state index in [2.05, 4.69) is 15.0 Å². The molecule has 0 radical (unpaired) electrons. The molecule has 0 fully saturated rings. The van der Waals surface area contributed by atoms with Crippen LogP contribution in [0.2, 0.25) is 0 Å². The highest BCUT2D eigenvalue weighted by molar-refractivity contribution is 6.07. The number of nitrogens with one attached hydrogen (secondary N) is 1. The number of carbonyl (C=O) groups is 1. The van der Waals surface area contributed by atoms with E-state index >= 15 is 0 Å². The van der Waals surface area contributed by atoms with E-state index in [0.29, 0.717) is 0 Å². The van der Waals surface area contributed by atoms with Crippen molar-refractivity contribution >= 4 is 11.9 Å². The van der Waals surface area contributed by atoms with Crippen LogP contribution in [-0.2, 0) is 16.8 Å². The second kappa shape index (κ2) is 6.90. The van der Waals surface area contributed by atoms with Gasteiger partial charge < -0.3 is 10.5 Å². The molecule has 142 valence electrons. The van der Waals surface area contributed by atoms with Gasteiger partial charge in [0, 0.05) is 12.0 Å². The molecular weight excluding hydrogens is 366 g/mol. The van der Waals surface area contributed by atoms with Crippen LogP contribution >= 0.6 is 0 Å². The zero-order valence-corrected chi connectivity index (χ0v) is 14.2. The number of aliphatic imine (C=N–C) groups is 1. The minimum atomic E-state index is -1.86. The van der Waals surface area contributed by atoms with Gasteiger partial charge in [-0.2, -0.15) is 8.78 Å². The van der Waals surface area contributed by atoms with Crippen LogP contribution in [0.4, 0.5) is 17.6 Å². The molecule has 1 heterocycles. The fourth-order valence-corrected chi connectivity index (χ4v) is 2.97. The fourth-order valence-electron chi connectivity index (χ4n) is 2.97. The zero-order chi connectivity index (χ0) is 19.8. The molecule has 2 aromatic rings. The summed E-state index contributed by atoms with van der Waals surface area (Å²) in [5.41, 5.74) is 2.99. The van der Waals surface area contributed by atoms with Crippen molar-refractivity contribution in [3.8, 4) is 5.75 Å².